The normalized spacial score (nSPS) is 16.6. The fourth-order valence-corrected chi connectivity index (χ4v) is 5.79. The lowest BCUT2D eigenvalue weighted by atomic mass is 10.00. The minimum atomic E-state index is -0.0193. The molecular formula is C21H20N3OS2+. The number of hydrogen-bond acceptors (Lipinski definition) is 4. The highest BCUT2D eigenvalue weighted by Crippen LogP contribution is 2.34. The number of nitrogens with one attached hydrogen (secondary N) is 2. The summed E-state index contributed by atoms with van der Waals surface area (Å²) in [7, 11) is 0. The molecule has 5 rings (SSSR count). The van der Waals surface area contributed by atoms with Gasteiger partial charge in [0, 0.05) is 32.7 Å². The minimum absolute atomic E-state index is 0.0193. The van der Waals surface area contributed by atoms with Gasteiger partial charge in [-0.1, -0.05) is 24.3 Å². The molecule has 0 amide bonds. The summed E-state index contributed by atoms with van der Waals surface area (Å²) in [5.74, 6) is 0.789. The van der Waals surface area contributed by atoms with Crippen LogP contribution in [0.25, 0.3) is 20.7 Å². The van der Waals surface area contributed by atoms with Crippen LogP contribution in [0, 0.1) is 6.92 Å². The van der Waals surface area contributed by atoms with Gasteiger partial charge in [-0.25, -0.2) is 4.98 Å². The van der Waals surface area contributed by atoms with Crippen molar-refractivity contribution in [3.05, 3.63) is 74.0 Å². The highest BCUT2D eigenvalue weighted by Gasteiger charge is 2.21. The molecule has 3 aromatic heterocycles. The molecule has 1 aliphatic rings. The van der Waals surface area contributed by atoms with Gasteiger partial charge in [0.15, 0.2) is 5.82 Å². The average Bonchev–Trinajstić information content (AvgIpc) is 3.28. The molecule has 4 heterocycles. The number of benzene rings is 1. The Labute approximate surface area is 165 Å². The van der Waals surface area contributed by atoms with E-state index in [9.17, 15) is 4.79 Å². The minimum Gasteiger partial charge on any atom is -0.325 e. The molecule has 27 heavy (non-hydrogen) atoms. The third kappa shape index (κ3) is 3.14. The second kappa shape index (κ2) is 6.71. The van der Waals surface area contributed by atoms with Crippen LogP contribution in [0.2, 0.25) is 0 Å². The molecule has 1 unspecified atom stereocenters. The molecule has 0 radical (unpaired) electrons. The van der Waals surface area contributed by atoms with E-state index < -0.39 is 0 Å². The Morgan fingerprint density at radius 1 is 1.19 bits per heavy atom. The van der Waals surface area contributed by atoms with Crippen LogP contribution in [0.1, 0.15) is 21.8 Å². The first-order valence-corrected chi connectivity index (χ1v) is 10.8. The van der Waals surface area contributed by atoms with E-state index in [2.05, 4.69) is 53.7 Å². The first-order valence-electron chi connectivity index (χ1n) is 9.15. The highest BCUT2D eigenvalue weighted by molar-refractivity contribution is 7.19. The van der Waals surface area contributed by atoms with Gasteiger partial charge in [-0.2, -0.15) is 0 Å². The van der Waals surface area contributed by atoms with E-state index >= 15 is 0 Å². The van der Waals surface area contributed by atoms with Gasteiger partial charge >= 0.3 is 0 Å². The number of rotatable bonds is 3. The molecule has 1 atom stereocenters. The van der Waals surface area contributed by atoms with Gasteiger partial charge in [-0.15, -0.1) is 22.7 Å². The van der Waals surface area contributed by atoms with Gasteiger partial charge in [0.2, 0.25) is 0 Å². The first-order chi connectivity index (χ1) is 13.2. The van der Waals surface area contributed by atoms with E-state index in [-0.39, 0.29) is 5.56 Å². The lowest BCUT2D eigenvalue weighted by Gasteiger charge is -2.25. The number of nitrogens with zero attached hydrogens (tertiary/aromatic N) is 1. The molecule has 0 saturated carbocycles. The summed E-state index contributed by atoms with van der Waals surface area (Å²) < 4.78 is 0. The topological polar surface area (TPSA) is 50.2 Å². The second-order valence-corrected chi connectivity index (χ2v) is 9.27. The van der Waals surface area contributed by atoms with Crippen molar-refractivity contribution < 1.29 is 4.90 Å². The molecule has 0 spiro atoms. The molecule has 1 aromatic carbocycles. The number of thiophene rings is 2. The van der Waals surface area contributed by atoms with Crippen molar-refractivity contribution in [1.29, 1.82) is 0 Å². The summed E-state index contributed by atoms with van der Waals surface area (Å²) >= 11 is 3.28. The zero-order chi connectivity index (χ0) is 18.4. The van der Waals surface area contributed by atoms with Gasteiger partial charge in [0.05, 0.1) is 11.9 Å². The number of H-pyrrole nitrogens is 1. The number of quaternary nitrogens is 1. The van der Waals surface area contributed by atoms with E-state index in [1.165, 1.54) is 20.9 Å². The Morgan fingerprint density at radius 3 is 2.85 bits per heavy atom. The maximum Gasteiger partial charge on any atom is 0.260 e. The first kappa shape index (κ1) is 16.9. The van der Waals surface area contributed by atoms with E-state index in [4.69, 9.17) is 4.98 Å². The van der Waals surface area contributed by atoms with Gasteiger partial charge in [-0.3, -0.25) is 4.79 Å². The maximum atomic E-state index is 12.8. The molecule has 6 heteroatoms. The molecule has 1 aliphatic heterocycles. The fraction of sp³-hybridized carbons (Fsp3) is 0.238. The van der Waals surface area contributed by atoms with Gasteiger partial charge < -0.3 is 9.88 Å². The van der Waals surface area contributed by atoms with Crippen molar-refractivity contribution in [2.75, 3.05) is 6.54 Å². The molecule has 0 aliphatic carbocycles. The molecule has 4 aromatic rings. The number of aryl methyl sites for hydroxylation is 1. The largest absolute Gasteiger partial charge is 0.325 e. The predicted molar refractivity (Wildman–Crippen MR) is 112 cm³/mol. The molecule has 0 fully saturated rings. The van der Waals surface area contributed by atoms with Crippen LogP contribution in [0.4, 0.5) is 0 Å². The molecule has 0 bridgehead atoms. The number of fused-ring (bicyclic) bond motifs is 2. The summed E-state index contributed by atoms with van der Waals surface area (Å²) in [6, 6.07) is 12.8. The standard InChI is InChI=1S/C21H19N3OS2/c1-13-6-7-17(27-13)16-12-26-21-19(16)20(25)22-18(23-21)11-24-9-8-14-4-2-3-5-15(14)10-24/h2-7,12H,8-11H2,1H3,(H,22,23,25)/p+1. The summed E-state index contributed by atoms with van der Waals surface area (Å²) in [5, 5.41) is 2.79. The van der Waals surface area contributed by atoms with E-state index in [1.54, 1.807) is 22.7 Å². The number of aromatic amines is 1. The fourth-order valence-electron chi connectivity index (χ4n) is 3.87. The summed E-state index contributed by atoms with van der Waals surface area (Å²) in [6.45, 7) is 4.90. The molecule has 0 saturated heterocycles. The molecular weight excluding hydrogens is 374 g/mol. The third-order valence-electron chi connectivity index (χ3n) is 5.22. The van der Waals surface area contributed by atoms with Crippen LogP contribution < -0.4 is 10.5 Å². The van der Waals surface area contributed by atoms with Crippen LogP contribution in [0.3, 0.4) is 0 Å². The van der Waals surface area contributed by atoms with Crippen LogP contribution in [0.5, 0.6) is 0 Å². The summed E-state index contributed by atoms with van der Waals surface area (Å²) in [5.41, 5.74) is 3.85. The lowest BCUT2D eigenvalue weighted by Crippen LogP contribution is -3.10. The average molecular weight is 395 g/mol. The van der Waals surface area contributed by atoms with Crippen molar-refractivity contribution in [3.63, 3.8) is 0 Å². The van der Waals surface area contributed by atoms with Gasteiger partial charge in [0.1, 0.15) is 17.9 Å². The van der Waals surface area contributed by atoms with Crippen molar-refractivity contribution in [3.8, 4) is 10.4 Å². The number of hydrogen-bond donors (Lipinski definition) is 2. The van der Waals surface area contributed by atoms with E-state index in [0.717, 1.165) is 52.5 Å². The van der Waals surface area contributed by atoms with Crippen LogP contribution in [-0.4, -0.2) is 16.5 Å². The smallest absolute Gasteiger partial charge is 0.260 e. The summed E-state index contributed by atoms with van der Waals surface area (Å²) in [6.07, 6.45) is 1.08. The Hall–Kier alpha value is -2.28. The van der Waals surface area contributed by atoms with Crippen LogP contribution >= 0.6 is 22.7 Å². The van der Waals surface area contributed by atoms with Gasteiger partial charge in [0.25, 0.3) is 5.56 Å². The molecule has 2 N–H and O–H groups in total. The second-order valence-electron chi connectivity index (χ2n) is 7.12. The lowest BCUT2D eigenvalue weighted by molar-refractivity contribution is -0.930. The molecule has 4 nitrogen and oxygen atoms in total. The monoisotopic (exact) mass is 394 g/mol. The van der Waals surface area contributed by atoms with Crippen molar-refractivity contribution in [2.24, 2.45) is 0 Å². The van der Waals surface area contributed by atoms with E-state index in [0.29, 0.717) is 0 Å². The Bertz CT molecular complexity index is 1190. The third-order valence-corrected chi connectivity index (χ3v) is 7.13. The zero-order valence-corrected chi connectivity index (χ0v) is 16.7. The Balaban J connectivity index is 1.45. The SMILES string of the molecule is Cc1ccc(-c2csc3nc(C[NH+]4CCc5ccccc5C4)[nH]c(=O)c23)s1. The summed E-state index contributed by atoms with van der Waals surface area (Å²) in [4.78, 5) is 25.3. The van der Waals surface area contributed by atoms with Crippen LogP contribution in [0.15, 0.2) is 46.6 Å². The Morgan fingerprint density at radius 2 is 2.04 bits per heavy atom. The van der Waals surface area contributed by atoms with Crippen molar-refractivity contribution >= 4 is 32.9 Å². The quantitative estimate of drug-likeness (QED) is 0.561. The highest BCUT2D eigenvalue weighted by atomic mass is 32.1. The zero-order valence-electron chi connectivity index (χ0n) is 15.0. The number of aromatic nitrogens is 2. The van der Waals surface area contributed by atoms with Crippen LogP contribution in [-0.2, 0) is 19.5 Å². The maximum absolute atomic E-state index is 12.8. The van der Waals surface area contributed by atoms with E-state index in [1.807, 2.05) is 0 Å². The Kier molecular flexibility index (Phi) is 4.19. The van der Waals surface area contributed by atoms with Crippen molar-refractivity contribution in [2.45, 2.75) is 26.4 Å². The van der Waals surface area contributed by atoms with Crippen molar-refractivity contribution in [1.82, 2.24) is 9.97 Å². The molecule has 136 valence electrons. The van der Waals surface area contributed by atoms with Gasteiger partial charge in [-0.05, 0) is 24.6 Å². The predicted octanol–water partition coefficient (Wildman–Crippen LogP) is 3.16.